The first-order valence-electron chi connectivity index (χ1n) is 11.7. The van der Waals surface area contributed by atoms with E-state index in [0.717, 1.165) is 56.4 Å². The Morgan fingerprint density at radius 2 is 1.14 bits per heavy atom. The molecule has 1 aliphatic rings. The van der Waals surface area contributed by atoms with Crippen molar-refractivity contribution in [3.63, 3.8) is 0 Å². The second-order valence-corrected chi connectivity index (χ2v) is 8.42. The molecule has 0 saturated carbocycles. The number of para-hydroxylation sites is 1. The molecule has 2 heterocycles. The predicted octanol–water partition coefficient (Wildman–Crippen LogP) is 8.87. The Balaban J connectivity index is 1.53. The van der Waals surface area contributed by atoms with Gasteiger partial charge in [-0.1, -0.05) is 97.1 Å². The third-order valence-electron chi connectivity index (χ3n) is 6.04. The average Bonchev–Trinajstić information content (AvgIpc) is 2.94. The van der Waals surface area contributed by atoms with Crippen molar-refractivity contribution in [2.75, 3.05) is 0 Å². The Morgan fingerprint density at radius 3 is 1.86 bits per heavy atom. The predicted molar refractivity (Wildman–Crippen MR) is 143 cm³/mol. The molecule has 1 aliphatic heterocycles. The number of hydrogen-bond acceptors (Lipinski definition) is 1. The van der Waals surface area contributed by atoms with Gasteiger partial charge in [0.1, 0.15) is 11.5 Å². The smallest absolute Gasteiger partial charge is 0.361 e. The molecule has 0 aliphatic carbocycles. The van der Waals surface area contributed by atoms with Gasteiger partial charge in [-0.05, 0) is 35.4 Å². The maximum Gasteiger partial charge on any atom is 0.361 e. The lowest BCUT2D eigenvalue weighted by atomic mass is 9.98. The van der Waals surface area contributed by atoms with Crippen LogP contribution in [0, 0.1) is 0 Å². The first kappa shape index (κ1) is 20.9. The molecule has 0 atom stereocenters. The van der Waals surface area contributed by atoms with Gasteiger partial charge in [0.25, 0.3) is 0 Å². The molecule has 0 N–H and O–H groups in total. The summed E-state index contributed by atoms with van der Waals surface area (Å²) in [5, 5.41) is 0. The second kappa shape index (κ2) is 9.28. The van der Waals surface area contributed by atoms with Crippen LogP contribution < -0.4 is 4.74 Å². The molecule has 0 radical (unpaired) electrons. The fourth-order valence-corrected chi connectivity index (χ4v) is 4.31. The monoisotopic (exact) mass is 451 g/mol. The van der Waals surface area contributed by atoms with Crippen LogP contribution in [-0.4, -0.2) is 0 Å². The molecule has 0 spiro atoms. The molecule has 0 amide bonds. The molecule has 2 nitrogen and oxygen atoms in total. The van der Waals surface area contributed by atoms with Crippen LogP contribution in [0.1, 0.15) is 16.9 Å². The van der Waals surface area contributed by atoms with Gasteiger partial charge in [-0.15, -0.1) is 0 Å². The molecule has 5 aromatic rings. The highest BCUT2D eigenvalue weighted by Gasteiger charge is 2.22. The third-order valence-corrected chi connectivity index (χ3v) is 6.04. The molecule has 2 heteroatoms. The van der Waals surface area contributed by atoms with E-state index in [2.05, 4.69) is 78.9 Å². The minimum absolute atomic E-state index is 0.778. The summed E-state index contributed by atoms with van der Waals surface area (Å²) < 4.78 is 12.7. The van der Waals surface area contributed by atoms with E-state index in [4.69, 9.17) is 9.15 Å². The summed E-state index contributed by atoms with van der Waals surface area (Å²) in [6, 6.07) is 43.1. The lowest BCUT2D eigenvalue weighted by Crippen LogP contribution is -2.03. The number of rotatable bonds is 4. The molecule has 6 rings (SSSR count). The summed E-state index contributed by atoms with van der Waals surface area (Å²) in [5.74, 6) is 3.26. The largest absolute Gasteiger partial charge is 0.456 e. The zero-order valence-electron chi connectivity index (χ0n) is 19.1. The Morgan fingerprint density at radius 1 is 0.543 bits per heavy atom. The SMILES string of the molecule is C1=C(c2ccccc2)Oc2ccccc2/C1=C\c1cc(-c2ccccc2)cc(-c2ccccc2)[o+]1. The van der Waals surface area contributed by atoms with E-state index in [1.54, 1.807) is 0 Å². The average molecular weight is 452 g/mol. The summed E-state index contributed by atoms with van der Waals surface area (Å²) in [6.45, 7) is 0. The highest BCUT2D eigenvalue weighted by Crippen LogP contribution is 2.38. The van der Waals surface area contributed by atoms with E-state index in [9.17, 15) is 0 Å². The fraction of sp³-hybridized carbons (Fsp3) is 0. The standard InChI is InChI=1S/C33H23O2/c1-4-12-24(13-5-1)27-20-29(34-32(22-27)25-14-6-2-7-15-25)21-28-23-33(26-16-8-3-9-17-26)35-31-19-11-10-18-30(28)31/h1-23H/q+1. The van der Waals surface area contributed by atoms with Gasteiger partial charge < -0.3 is 4.74 Å². The summed E-state index contributed by atoms with van der Waals surface area (Å²) >= 11 is 0. The Bertz CT molecular complexity index is 1470. The molecular weight excluding hydrogens is 428 g/mol. The Hall–Kier alpha value is -4.69. The van der Waals surface area contributed by atoms with E-state index in [1.807, 2.05) is 60.7 Å². The molecular formula is C33H23O2+. The van der Waals surface area contributed by atoms with Crippen molar-refractivity contribution >= 4 is 17.4 Å². The first-order chi connectivity index (χ1) is 17.3. The second-order valence-electron chi connectivity index (χ2n) is 8.42. The minimum Gasteiger partial charge on any atom is -0.456 e. The molecule has 35 heavy (non-hydrogen) atoms. The zero-order valence-corrected chi connectivity index (χ0v) is 19.1. The van der Waals surface area contributed by atoms with Crippen LogP contribution in [0.15, 0.2) is 138 Å². The van der Waals surface area contributed by atoms with Gasteiger partial charge in [-0.2, -0.15) is 0 Å². The van der Waals surface area contributed by atoms with Crippen LogP contribution >= 0.6 is 0 Å². The van der Waals surface area contributed by atoms with E-state index in [0.29, 0.717) is 0 Å². The van der Waals surface area contributed by atoms with Crippen molar-refractivity contribution < 1.29 is 9.15 Å². The molecule has 4 aromatic carbocycles. The van der Waals surface area contributed by atoms with Crippen molar-refractivity contribution in [3.05, 3.63) is 150 Å². The van der Waals surface area contributed by atoms with Gasteiger partial charge in [-0.3, -0.25) is 0 Å². The minimum atomic E-state index is 0.778. The van der Waals surface area contributed by atoms with Crippen LogP contribution in [0.5, 0.6) is 5.75 Å². The van der Waals surface area contributed by atoms with Crippen molar-refractivity contribution in [1.82, 2.24) is 0 Å². The van der Waals surface area contributed by atoms with E-state index >= 15 is 0 Å². The van der Waals surface area contributed by atoms with E-state index in [-0.39, 0.29) is 0 Å². The van der Waals surface area contributed by atoms with Crippen LogP contribution in [0.25, 0.3) is 39.9 Å². The topological polar surface area (TPSA) is 20.5 Å². The quantitative estimate of drug-likeness (QED) is 0.254. The maximum absolute atomic E-state index is 6.44. The van der Waals surface area contributed by atoms with Crippen molar-refractivity contribution in [1.29, 1.82) is 0 Å². The molecule has 0 fully saturated rings. The van der Waals surface area contributed by atoms with Gasteiger partial charge in [0.2, 0.25) is 0 Å². The van der Waals surface area contributed by atoms with Crippen LogP contribution in [0.4, 0.5) is 0 Å². The fourth-order valence-electron chi connectivity index (χ4n) is 4.31. The van der Waals surface area contributed by atoms with Gasteiger partial charge >= 0.3 is 11.5 Å². The Labute approximate surface area is 205 Å². The Kier molecular flexibility index (Phi) is 5.54. The number of allylic oxidation sites excluding steroid dienone is 2. The van der Waals surface area contributed by atoms with E-state index < -0.39 is 0 Å². The molecule has 1 aromatic heterocycles. The summed E-state index contributed by atoms with van der Waals surface area (Å²) in [5.41, 5.74) is 6.40. The van der Waals surface area contributed by atoms with Crippen LogP contribution in [0.2, 0.25) is 0 Å². The summed E-state index contributed by atoms with van der Waals surface area (Å²) in [4.78, 5) is 0. The maximum atomic E-state index is 6.44. The molecule has 166 valence electrons. The number of hydrogen-bond donors (Lipinski definition) is 0. The summed E-state index contributed by atoms with van der Waals surface area (Å²) in [7, 11) is 0. The highest BCUT2D eigenvalue weighted by molar-refractivity contribution is 5.95. The number of fused-ring (bicyclic) bond motifs is 1. The molecule has 0 unspecified atom stereocenters. The van der Waals surface area contributed by atoms with Gasteiger partial charge in [-0.25, -0.2) is 4.42 Å². The summed E-state index contributed by atoms with van der Waals surface area (Å²) in [6.07, 6.45) is 4.19. The van der Waals surface area contributed by atoms with Gasteiger partial charge in [0.15, 0.2) is 0 Å². The van der Waals surface area contributed by atoms with Crippen LogP contribution in [-0.2, 0) is 0 Å². The molecule has 0 bridgehead atoms. The van der Waals surface area contributed by atoms with Crippen molar-refractivity contribution in [2.45, 2.75) is 0 Å². The van der Waals surface area contributed by atoms with Crippen LogP contribution in [0.3, 0.4) is 0 Å². The normalized spacial score (nSPS) is 13.6. The van der Waals surface area contributed by atoms with Gasteiger partial charge in [0.05, 0.1) is 23.8 Å². The number of ether oxygens (including phenoxy) is 1. The van der Waals surface area contributed by atoms with Gasteiger partial charge in [0, 0.05) is 16.7 Å². The first-order valence-corrected chi connectivity index (χ1v) is 11.7. The number of benzene rings is 4. The van der Waals surface area contributed by atoms with E-state index in [1.165, 1.54) is 0 Å². The van der Waals surface area contributed by atoms with Crippen molar-refractivity contribution in [2.24, 2.45) is 0 Å². The molecule has 0 saturated heterocycles. The highest BCUT2D eigenvalue weighted by atomic mass is 16.5. The zero-order chi connectivity index (χ0) is 23.5. The van der Waals surface area contributed by atoms with Crippen molar-refractivity contribution in [3.8, 4) is 28.2 Å². The lowest BCUT2D eigenvalue weighted by molar-refractivity contribution is 0.509. The lowest BCUT2D eigenvalue weighted by Gasteiger charge is -2.20. The third kappa shape index (κ3) is 4.42.